The predicted molar refractivity (Wildman–Crippen MR) is 144 cm³/mol. The van der Waals surface area contributed by atoms with Gasteiger partial charge in [0.05, 0.1) is 6.42 Å². The average molecular weight is 552 g/mol. The normalized spacial score (nSPS) is 11.7. The second-order valence-electron chi connectivity index (χ2n) is 8.17. The molecule has 0 aliphatic rings. The van der Waals surface area contributed by atoms with Gasteiger partial charge in [-0.3, -0.25) is 9.59 Å². The molecule has 0 unspecified atom stereocenters. The first-order chi connectivity index (χ1) is 16.8. The maximum absolute atomic E-state index is 13.7. The molecule has 184 valence electrons. The zero-order valence-corrected chi connectivity index (χ0v) is 22.3. The lowest BCUT2D eigenvalue weighted by Gasteiger charge is -2.32. The standard InChI is InChI=1S/C27H26Cl4N2O2/c1-2-12-32-27(35)25(13-18-6-4-3-5-7-18)33(17-20-9-11-22(29)16-24(20)31)26(34)14-19-8-10-21(28)15-23(19)30/h3-11,15-16,25H,2,12-14,17H2,1H3,(H,32,35)/t25-/m1/s1. The third kappa shape index (κ3) is 7.88. The molecule has 0 radical (unpaired) electrons. The molecule has 0 saturated carbocycles. The van der Waals surface area contributed by atoms with E-state index in [9.17, 15) is 9.59 Å². The Kier molecular flexibility index (Phi) is 10.3. The Morgan fingerprint density at radius 3 is 2.03 bits per heavy atom. The predicted octanol–water partition coefficient (Wildman–Crippen LogP) is 7.01. The summed E-state index contributed by atoms with van der Waals surface area (Å²) in [5, 5.41) is 4.74. The third-order valence-electron chi connectivity index (χ3n) is 5.53. The summed E-state index contributed by atoms with van der Waals surface area (Å²) in [6.07, 6.45) is 1.14. The number of benzene rings is 3. The van der Waals surface area contributed by atoms with Crippen molar-refractivity contribution in [2.45, 2.75) is 38.8 Å². The number of hydrogen-bond donors (Lipinski definition) is 1. The van der Waals surface area contributed by atoms with Crippen molar-refractivity contribution in [1.82, 2.24) is 10.2 Å². The Bertz CT molecular complexity index is 1170. The fourth-order valence-electron chi connectivity index (χ4n) is 3.68. The highest BCUT2D eigenvalue weighted by Gasteiger charge is 2.31. The molecule has 0 saturated heterocycles. The highest BCUT2D eigenvalue weighted by Crippen LogP contribution is 2.26. The van der Waals surface area contributed by atoms with Gasteiger partial charge in [-0.05, 0) is 47.4 Å². The molecule has 0 aliphatic heterocycles. The molecule has 0 aliphatic carbocycles. The first-order valence-corrected chi connectivity index (χ1v) is 12.8. The van der Waals surface area contributed by atoms with E-state index in [-0.39, 0.29) is 24.8 Å². The third-order valence-corrected chi connectivity index (χ3v) is 6.71. The van der Waals surface area contributed by atoms with Crippen LogP contribution in [-0.4, -0.2) is 29.3 Å². The van der Waals surface area contributed by atoms with E-state index in [1.807, 2.05) is 37.3 Å². The first-order valence-electron chi connectivity index (χ1n) is 11.3. The van der Waals surface area contributed by atoms with Gasteiger partial charge in [0.2, 0.25) is 11.8 Å². The van der Waals surface area contributed by atoms with Gasteiger partial charge >= 0.3 is 0 Å². The number of halogens is 4. The second-order valence-corrected chi connectivity index (χ2v) is 9.85. The van der Waals surface area contributed by atoms with Gasteiger partial charge in [-0.15, -0.1) is 0 Å². The first kappa shape index (κ1) is 27.3. The van der Waals surface area contributed by atoms with Crippen LogP contribution in [0.25, 0.3) is 0 Å². The van der Waals surface area contributed by atoms with E-state index in [0.29, 0.717) is 44.2 Å². The van der Waals surface area contributed by atoms with Crippen LogP contribution >= 0.6 is 46.4 Å². The fraction of sp³-hybridized carbons (Fsp3) is 0.259. The van der Waals surface area contributed by atoms with Crippen LogP contribution in [0, 0.1) is 0 Å². The molecule has 2 amide bonds. The average Bonchev–Trinajstić information content (AvgIpc) is 2.83. The molecule has 35 heavy (non-hydrogen) atoms. The monoisotopic (exact) mass is 550 g/mol. The van der Waals surface area contributed by atoms with Crippen LogP contribution in [0.4, 0.5) is 0 Å². The Morgan fingerprint density at radius 1 is 0.857 bits per heavy atom. The van der Waals surface area contributed by atoms with E-state index in [2.05, 4.69) is 5.32 Å². The van der Waals surface area contributed by atoms with Gasteiger partial charge in [-0.2, -0.15) is 0 Å². The molecular formula is C27H26Cl4N2O2. The summed E-state index contributed by atoms with van der Waals surface area (Å²) in [6.45, 7) is 2.62. The van der Waals surface area contributed by atoms with E-state index >= 15 is 0 Å². The number of carbonyl (C=O) groups excluding carboxylic acids is 2. The van der Waals surface area contributed by atoms with Crippen molar-refractivity contribution in [2.24, 2.45) is 0 Å². The molecule has 0 aromatic heterocycles. The molecule has 0 spiro atoms. The highest BCUT2D eigenvalue weighted by atomic mass is 35.5. The quantitative estimate of drug-likeness (QED) is 0.294. The van der Waals surface area contributed by atoms with Crippen molar-refractivity contribution in [1.29, 1.82) is 0 Å². The van der Waals surface area contributed by atoms with E-state index in [4.69, 9.17) is 46.4 Å². The van der Waals surface area contributed by atoms with E-state index in [1.54, 1.807) is 41.3 Å². The molecule has 0 heterocycles. The molecule has 3 aromatic rings. The van der Waals surface area contributed by atoms with Crippen LogP contribution in [0.15, 0.2) is 66.7 Å². The zero-order chi connectivity index (χ0) is 25.4. The van der Waals surface area contributed by atoms with Gasteiger partial charge in [0.1, 0.15) is 6.04 Å². The van der Waals surface area contributed by atoms with E-state index < -0.39 is 6.04 Å². The number of amides is 2. The maximum atomic E-state index is 13.7. The Hall–Kier alpha value is -2.24. The van der Waals surface area contributed by atoms with Crippen LogP contribution < -0.4 is 5.32 Å². The minimum absolute atomic E-state index is 0.00750. The lowest BCUT2D eigenvalue weighted by Crippen LogP contribution is -2.51. The van der Waals surface area contributed by atoms with Crippen LogP contribution in [0.3, 0.4) is 0 Å². The van der Waals surface area contributed by atoms with Crippen molar-refractivity contribution in [3.8, 4) is 0 Å². The lowest BCUT2D eigenvalue weighted by molar-refractivity contribution is -0.140. The number of rotatable bonds is 10. The number of carbonyl (C=O) groups is 2. The molecular weight excluding hydrogens is 526 g/mol. The summed E-state index contributed by atoms with van der Waals surface area (Å²) in [5.74, 6) is -0.482. The minimum atomic E-state index is -0.755. The number of hydrogen-bond acceptors (Lipinski definition) is 2. The van der Waals surface area contributed by atoms with Crippen LogP contribution in [-0.2, 0) is 29.0 Å². The Morgan fingerprint density at radius 2 is 1.46 bits per heavy atom. The van der Waals surface area contributed by atoms with E-state index in [1.165, 1.54) is 0 Å². The summed E-state index contributed by atoms with van der Waals surface area (Å²) in [5.41, 5.74) is 2.25. The maximum Gasteiger partial charge on any atom is 0.243 e. The van der Waals surface area contributed by atoms with Crippen LogP contribution in [0.2, 0.25) is 20.1 Å². The SMILES string of the molecule is CCCNC(=O)[C@@H](Cc1ccccc1)N(Cc1ccc(Cl)cc1Cl)C(=O)Cc1ccc(Cl)cc1Cl. The van der Waals surface area contributed by atoms with Gasteiger partial charge < -0.3 is 10.2 Å². The fourth-order valence-corrected chi connectivity index (χ4v) is 4.63. The topological polar surface area (TPSA) is 49.4 Å². The van der Waals surface area contributed by atoms with Gasteiger partial charge in [0.25, 0.3) is 0 Å². The summed E-state index contributed by atoms with van der Waals surface area (Å²) >= 11 is 24.9. The van der Waals surface area contributed by atoms with Gasteiger partial charge in [-0.25, -0.2) is 0 Å². The summed E-state index contributed by atoms with van der Waals surface area (Å²) < 4.78 is 0. The van der Waals surface area contributed by atoms with Crippen molar-refractivity contribution in [3.63, 3.8) is 0 Å². The zero-order valence-electron chi connectivity index (χ0n) is 19.2. The molecule has 3 rings (SSSR count). The molecule has 8 heteroatoms. The molecule has 1 N–H and O–H groups in total. The Labute approximate surface area is 226 Å². The number of nitrogens with one attached hydrogen (secondary N) is 1. The Balaban J connectivity index is 2.00. The summed E-state index contributed by atoms with van der Waals surface area (Å²) in [4.78, 5) is 28.6. The minimum Gasteiger partial charge on any atom is -0.354 e. The van der Waals surface area contributed by atoms with Crippen molar-refractivity contribution < 1.29 is 9.59 Å². The summed E-state index contributed by atoms with van der Waals surface area (Å²) in [6, 6.07) is 19.0. The lowest BCUT2D eigenvalue weighted by atomic mass is 10.0. The van der Waals surface area contributed by atoms with Crippen molar-refractivity contribution >= 4 is 58.2 Å². The van der Waals surface area contributed by atoms with E-state index in [0.717, 1.165) is 12.0 Å². The smallest absolute Gasteiger partial charge is 0.243 e. The largest absolute Gasteiger partial charge is 0.354 e. The van der Waals surface area contributed by atoms with Gasteiger partial charge in [0.15, 0.2) is 0 Å². The molecule has 0 fully saturated rings. The highest BCUT2D eigenvalue weighted by molar-refractivity contribution is 6.35. The molecule has 4 nitrogen and oxygen atoms in total. The number of nitrogens with zero attached hydrogens (tertiary/aromatic N) is 1. The molecule has 0 bridgehead atoms. The second kappa shape index (κ2) is 13.2. The van der Waals surface area contributed by atoms with Crippen molar-refractivity contribution in [2.75, 3.05) is 6.54 Å². The molecule has 1 atom stereocenters. The van der Waals surface area contributed by atoms with Crippen LogP contribution in [0.1, 0.15) is 30.0 Å². The van der Waals surface area contributed by atoms with Gasteiger partial charge in [-0.1, -0.05) is 95.8 Å². The van der Waals surface area contributed by atoms with Crippen LogP contribution in [0.5, 0.6) is 0 Å². The molecule has 3 aromatic carbocycles. The van der Waals surface area contributed by atoms with Crippen molar-refractivity contribution in [3.05, 3.63) is 104 Å². The summed E-state index contributed by atoms with van der Waals surface area (Å²) in [7, 11) is 0. The van der Waals surface area contributed by atoms with Gasteiger partial charge in [0, 0.05) is 39.6 Å².